The summed E-state index contributed by atoms with van der Waals surface area (Å²) in [6.45, 7) is 4.49. The molecule has 2 heterocycles. The Labute approximate surface area is 153 Å². The number of nitrogens with zero attached hydrogens (tertiary/aromatic N) is 1. The highest BCUT2D eigenvalue weighted by atomic mass is 19.1. The van der Waals surface area contributed by atoms with Crippen molar-refractivity contribution in [1.29, 1.82) is 0 Å². The van der Waals surface area contributed by atoms with Crippen LogP contribution in [0.25, 0.3) is 5.57 Å². The molecule has 0 amide bonds. The minimum atomic E-state index is -0.228. The number of rotatable bonds is 2. The Bertz CT molecular complexity index is 836. The van der Waals surface area contributed by atoms with Crippen LogP contribution in [0, 0.1) is 5.82 Å². The second kappa shape index (κ2) is 7.22. The molecule has 136 valence electrons. The van der Waals surface area contributed by atoms with Crippen LogP contribution in [0.1, 0.15) is 36.5 Å². The Morgan fingerprint density at radius 2 is 1.88 bits per heavy atom. The predicted molar refractivity (Wildman–Crippen MR) is 101 cm³/mol. The van der Waals surface area contributed by atoms with Crippen LogP contribution in [-0.4, -0.2) is 35.7 Å². The Morgan fingerprint density at radius 3 is 2.65 bits per heavy atom. The summed E-state index contributed by atoms with van der Waals surface area (Å²) in [6.07, 6.45) is 1.90. The third-order valence-corrected chi connectivity index (χ3v) is 5.52. The number of fused-ring (bicyclic) bond motifs is 2. The van der Waals surface area contributed by atoms with E-state index in [4.69, 9.17) is 4.74 Å². The lowest BCUT2D eigenvalue weighted by Crippen LogP contribution is -2.40. The molecule has 2 aliphatic rings. The molecule has 1 atom stereocenters. The highest BCUT2D eigenvalue weighted by molar-refractivity contribution is 5.87. The van der Waals surface area contributed by atoms with Gasteiger partial charge >= 0.3 is 0 Å². The smallest absolute Gasteiger partial charge is 0.127 e. The summed E-state index contributed by atoms with van der Waals surface area (Å²) in [5, 5.41) is 9.42. The van der Waals surface area contributed by atoms with E-state index in [1.165, 1.54) is 17.2 Å². The molecule has 1 N–H and O–H groups in total. The van der Waals surface area contributed by atoms with E-state index in [0.717, 1.165) is 48.4 Å². The number of ether oxygens (including phenoxy) is 1. The van der Waals surface area contributed by atoms with Crippen molar-refractivity contribution in [2.75, 3.05) is 19.7 Å². The summed E-state index contributed by atoms with van der Waals surface area (Å²) in [6, 6.07) is 13.3. The van der Waals surface area contributed by atoms with Crippen LogP contribution in [0.5, 0.6) is 5.75 Å². The molecular weight excluding hydrogens is 329 g/mol. The highest BCUT2D eigenvalue weighted by Gasteiger charge is 2.26. The van der Waals surface area contributed by atoms with Gasteiger partial charge in [0.25, 0.3) is 0 Å². The van der Waals surface area contributed by atoms with Crippen LogP contribution in [-0.2, 0) is 6.61 Å². The number of para-hydroxylation sites is 1. The van der Waals surface area contributed by atoms with Crippen molar-refractivity contribution < 1.29 is 14.2 Å². The van der Waals surface area contributed by atoms with Crippen LogP contribution < -0.4 is 4.74 Å². The molecule has 1 fully saturated rings. The molecule has 2 aromatic carbocycles. The van der Waals surface area contributed by atoms with Gasteiger partial charge in [-0.2, -0.15) is 0 Å². The molecular formula is C22H24FNO2. The van der Waals surface area contributed by atoms with Crippen LogP contribution in [0.15, 0.2) is 48.0 Å². The number of aliphatic hydroxyl groups excluding tert-OH is 1. The maximum absolute atomic E-state index is 13.8. The van der Waals surface area contributed by atoms with Crippen molar-refractivity contribution in [1.82, 2.24) is 4.90 Å². The third-order valence-electron chi connectivity index (χ3n) is 5.52. The van der Waals surface area contributed by atoms with Crippen LogP contribution in [0.4, 0.5) is 4.39 Å². The molecule has 0 bridgehead atoms. The minimum Gasteiger partial charge on any atom is -0.488 e. The quantitative estimate of drug-likeness (QED) is 0.886. The van der Waals surface area contributed by atoms with E-state index in [1.807, 2.05) is 24.3 Å². The van der Waals surface area contributed by atoms with Gasteiger partial charge in [0.05, 0.1) is 6.61 Å². The molecule has 3 nitrogen and oxygen atoms in total. The zero-order valence-corrected chi connectivity index (χ0v) is 15.0. The minimum absolute atomic E-state index is 0.185. The second-order valence-corrected chi connectivity index (χ2v) is 7.13. The largest absolute Gasteiger partial charge is 0.488 e. The lowest BCUT2D eigenvalue weighted by atomic mass is 9.86. The van der Waals surface area contributed by atoms with Crippen molar-refractivity contribution >= 4 is 5.57 Å². The Hall–Kier alpha value is -2.17. The number of hydrogen-bond donors (Lipinski definition) is 1. The van der Waals surface area contributed by atoms with Crippen LogP contribution in [0.3, 0.4) is 0 Å². The molecule has 0 aliphatic carbocycles. The topological polar surface area (TPSA) is 32.7 Å². The lowest BCUT2D eigenvalue weighted by molar-refractivity contribution is 0.127. The summed E-state index contributed by atoms with van der Waals surface area (Å²) in [5.41, 5.74) is 5.66. The predicted octanol–water partition coefficient (Wildman–Crippen LogP) is 4.00. The first-order chi connectivity index (χ1) is 12.7. The van der Waals surface area contributed by atoms with Gasteiger partial charge in [-0.25, -0.2) is 4.39 Å². The number of halogens is 1. The van der Waals surface area contributed by atoms with Crippen LogP contribution >= 0.6 is 0 Å². The Balaban J connectivity index is 1.80. The summed E-state index contributed by atoms with van der Waals surface area (Å²) in [4.78, 5) is 2.33. The number of benzene rings is 2. The van der Waals surface area contributed by atoms with Gasteiger partial charge in [-0.05, 0) is 49.1 Å². The normalized spacial score (nSPS) is 18.6. The number of hydrogen-bond acceptors (Lipinski definition) is 3. The fourth-order valence-electron chi connectivity index (χ4n) is 4.01. The van der Waals surface area contributed by atoms with Gasteiger partial charge in [-0.3, -0.25) is 4.90 Å². The molecule has 0 aromatic heterocycles. The summed E-state index contributed by atoms with van der Waals surface area (Å²) in [5.74, 6) is 0.631. The molecule has 2 aliphatic heterocycles. The van der Waals surface area contributed by atoms with Gasteiger partial charge in [0, 0.05) is 30.3 Å². The van der Waals surface area contributed by atoms with Crippen molar-refractivity contribution in [3.63, 3.8) is 0 Å². The van der Waals surface area contributed by atoms with Crippen molar-refractivity contribution in [2.45, 2.75) is 32.4 Å². The van der Waals surface area contributed by atoms with E-state index in [-0.39, 0.29) is 18.5 Å². The average Bonchev–Trinajstić information content (AvgIpc) is 2.84. The van der Waals surface area contributed by atoms with E-state index < -0.39 is 0 Å². The van der Waals surface area contributed by atoms with Gasteiger partial charge in [0.2, 0.25) is 0 Å². The van der Waals surface area contributed by atoms with Gasteiger partial charge < -0.3 is 9.84 Å². The van der Waals surface area contributed by atoms with E-state index in [9.17, 15) is 9.50 Å². The van der Waals surface area contributed by atoms with Crippen molar-refractivity contribution in [2.24, 2.45) is 0 Å². The highest BCUT2D eigenvalue weighted by Crippen LogP contribution is 2.41. The second-order valence-electron chi connectivity index (χ2n) is 7.13. The van der Waals surface area contributed by atoms with E-state index in [2.05, 4.69) is 17.9 Å². The molecule has 0 spiro atoms. The van der Waals surface area contributed by atoms with Crippen molar-refractivity contribution in [3.05, 3.63) is 70.5 Å². The zero-order valence-electron chi connectivity index (χ0n) is 15.0. The lowest BCUT2D eigenvalue weighted by Gasteiger charge is -2.33. The monoisotopic (exact) mass is 353 g/mol. The molecule has 4 heteroatoms. The first-order valence-corrected chi connectivity index (χ1v) is 9.25. The van der Waals surface area contributed by atoms with Gasteiger partial charge in [0.1, 0.15) is 18.2 Å². The Kier molecular flexibility index (Phi) is 4.79. The first kappa shape index (κ1) is 17.3. The van der Waals surface area contributed by atoms with E-state index >= 15 is 0 Å². The number of likely N-dealkylation sites (tertiary alicyclic amines) is 1. The van der Waals surface area contributed by atoms with Gasteiger partial charge in [-0.15, -0.1) is 0 Å². The summed E-state index contributed by atoms with van der Waals surface area (Å²) in [7, 11) is 0. The molecule has 0 saturated carbocycles. The molecule has 26 heavy (non-hydrogen) atoms. The fourth-order valence-corrected chi connectivity index (χ4v) is 4.01. The SMILES string of the molecule is CC(CO)N1CCC(=C2c3ccc(F)cc3COc3ccccc32)CC1. The maximum atomic E-state index is 13.8. The zero-order chi connectivity index (χ0) is 18.1. The summed E-state index contributed by atoms with van der Waals surface area (Å²) < 4.78 is 19.8. The van der Waals surface area contributed by atoms with Gasteiger partial charge in [0.15, 0.2) is 0 Å². The Morgan fingerprint density at radius 1 is 1.12 bits per heavy atom. The van der Waals surface area contributed by atoms with Crippen LogP contribution in [0.2, 0.25) is 0 Å². The molecule has 1 saturated heterocycles. The molecule has 4 rings (SSSR count). The fraction of sp³-hybridized carbons (Fsp3) is 0.364. The standard InChI is InChI=1S/C22H24FNO2/c1-15(13-25)24-10-8-16(9-11-24)22-19-7-6-18(23)12-17(19)14-26-21-5-3-2-4-20(21)22/h2-7,12,15,25H,8-11,13-14H2,1H3. The maximum Gasteiger partial charge on any atom is 0.127 e. The molecule has 0 radical (unpaired) electrons. The molecule has 1 unspecified atom stereocenters. The third kappa shape index (κ3) is 3.15. The first-order valence-electron chi connectivity index (χ1n) is 9.25. The van der Waals surface area contributed by atoms with E-state index in [1.54, 1.807) is 6.07 Å². The number of piperidine rings is 1. The average molecular weight is 353 g/mol. The summed E-state index contributed by atoms with van der Waals surface area (Å²) >= 11 is 0. The van der Waals surface area contributed by atoms with Crippen molar-refractivity contribution in [3.8, 4) is 5.75 Å². The van der Waals surface area contributed by atoms with Gasteiger partial charge in [-0.1, -0.05) is 29.8 Å². The van der Waals surface area contributed by atoms with E-state index in [0.29, 0.717) is 6.61 Å². The number of aliphatic hydroxyl groups is 1. The molecule has 2 aromatic rings.